The van der Waals surface area contributed by atoms with Crippen molar-refractivity contribution in [2.45, 2.75) is 25.6 Å². The van der Waals surface area contributed by atoms with Gasteiger partial charge >= 0.3 is 17.9 Å². The predicted octanol–water partition coefficient (Wildman–Crippen LogP) is 0.979. The van der Waals surface area contributed by atoms with Crippen LogP contribution in [0, 0.1) is 0 Å². The van der Waals surface area contributed by atoms with Gasteiger partial charge in [-0.25, -0.2) is 9.59 Å². The van der Waals surface area contributed by atoms with Gasteiger partial charge in [0.1, 0.15) is 6.61 Å². The summed E-state index contributed by atoms with van der Waals surface area (Å²) in [6.45, 7) is -0.192. The van der Waals surface area contributed by atoms with E-state index in [0.717, 1.165) is 5.56 Å². The molecule has 2 rings (SSSR count). The standard InChI is InChI=1S/C14H14O6/c15-12(18-8-10-4-2-1-3-5-10)7-6-11-14(17)19-9-13(16)20-11/h1-5,11H,6-9H2/t11-/m0/s1. The van der Waals surface area contributed by atoms with Gasteiger partial charge in [0.15, 0.2) is 12.7 Å². The van der Waals surface area contributed by atoms with Crippen LogP contribution in [0.5, 0.6) is 0 Å². The van der Waals surface area contributed by atoms with Gasteiger partial charge in [0, 0.05) is 12.8 Å². The van der Waals surface area contributed by atoms with Crippen molar-refractivity contribution in [2.75, 3.05) is 6.61 Å². The zero-order valence-corrected chi connectivity index (χ0v) is 10.7. The average Bonchev–Trinajstić information content (AvgIpc) is 2.47. The molecule has 0 spiro atoms. The Morgan fingerprint density at radius 2 is 2.00 bits per heavy atom. The summed E-state index contributed by atoms with van der Waals surface area (Å²) in [5.74, 6) is -1.68. The number of esters is 3. The number of carbonyl (C=O) groups is 3. The molecule has 0 radical (unpaired) electrons. The molecule has 6 nitrogen and oxygen atoms in total. The number of hydrogen-bond acceptors (Lipinski definition) is 6. The monoisotopic (exact) mass is 278 g/mol. The summed E-state index contributed by atoms with van der Waals surface area (Å²) < 4.78 is 14.4. The molecule has 1 heterocycles. The molecule has 1 aliphatic heterocycles. The van der Waals surface area contributed by atoms with Crippen LogP contribution < -0.4 is 0 Å². The van der Waals surface area contributed by atoms with E-state index in [4.69, 9.17) is 9.47 Å². The van der Waals surface area contributed by atoms with Gasteiger partial charge < -0.3 is 14.2 Å². The molecule has 106 valence electrons. The van der Waals surface area contributed by atoms with Crippen molar-refractivity contribution >= 4 is 17.9 Å². The van der Waals surface area contributed by atoms with Crippen molar-refractivity contribution in [3.63, 3.8) is 0 Å². The summed E-state index contributed by atoms with van der Waals surface area (Å²) in [5.41, 5.74) is 0.879. The minimum Gasteiger partial charge on any atom is -0.461 e. The molecule has 0 bridgehead atoms. The molecule has 0 amide bonds. The van der Waals surface area contributed by atoms with Crippen LogP contribution in [0.15, 0.2) is 30.3 Å². The van der Waals surface area contributed by atoms with Crippen LogP contribution >= 0.6 is 0 Å². The lowest BCUT2D eigenvalue weighted by Gasteiger charge is -2.20. The minimum absolute atomic E-state index is 0.0140. The first-order chi connectivity index (χ1) is 9.65. The molecule has 20 heavy (non-hydrogen) atoms. The van der Waals surface area contributed by atoms with Crippen molar-refractivity contribution in [1.29, 1.82) is 0 Å². The van der Waals surface area contributed by atoms with E-state index in [2.05, 4.69) is 4.74 Å². The normalized spacial score (nSPS) is 18.1. The van der Waals surface area contributed by atoms with Crippen molar-refractivity contribution in [1.82, 2.24) is 0 Å². The number of carbonyl (C=O) groups excluding carboxylic acids is 3. The number of cyclic esters (lactones) is 2. The smallest absolute Gasteiger partial charge is 0.348 e. The summed E-state index contributed by atoms with van der Waals surface area (Å²) in [5, 5.41) is 0. The number of rotatable bonds is 5. The summed E-state index contributed by atoms with van der Waals surface area (Å²) in [6, 6.07) is 9.25. The lowest BCUT2D eigenvalue weighted by Crippen LogP contribution is -2.37. The van der Waals surface area contributed by atoms with Gasteiger partial charge in [-0.3, -0.25) is 4.79 Å². The quantitative estimate of drug-likeness (QED) is 0.590. The molecule has 0 unspecified atom stereocenters. The van der Waals surface area contributed by atoms with Crippen LogP contribution in [0.2, 0.25) is 0 Å². The SMILES string of the molecule is O=C(CC[C@@H]1OC(=O)COC1=O)OCc1ccccc1. The maximum absolute atomic E-state index is 11.5. The molecule has 1 saturated heterocycles. The van der Waals surface area contributed by atoms with Crippen molar-refractivity contribution in [2.24, 2.45) is 0 Å². The van der Waals surface area contributed by atoms with E-state index in [-0.39, 0.29) is 26.1 Å². The summed E-state index contributed by atoms with van der Waals surface area (Å²) >= 11 is 0. The first-order valence-electron chi connectivity index (χ1n) is 6.21. The summed E-state index contributed by atoms with van der Waals surface area (Å²) in [7, 11) is 0. The second kappa shape index (κ2) is 6.70. The highest BCUT2D eigenvalue weighted by molar-refractivity contribution is 5.85. The lowest BCUT2D eigenvalue weighted by molar-refractivity contribution is -0.185. The first-order valence-corrected chi connectivity index (χ1v) is 6.21. The second-order valence-corrected chi connectivity index (χ2v) is 4.27. The van der Waals surface area contributed by atoms with Gasteiger partial charge in [-0.2, -0.15) is 0 Å². The lowest BCUT2D eigenvalue weighted by atomic mass is 10.2. The number of benzene rings is 1. The van der Waals surface area contributed by atoms with Gasteiger partial charge in [-0.05, 0) is 5.56 Å². The third-order valence-electron chi connectivity index (χ3n) is 2.72. The third-order valence-corrected chi connectivity index (χ3v) is 2.72. The number of hydrogen-bond donors (Lipinski definition) is 0. The van der Waals surface area contributed by atoms with Crippen LogP contribution in [0.1, 0.15) is 18.4 Å². The van der Waals surface area contributed by atoms with Gasteiger partial charge in [-0.1, -0.05) is 30.3 Å². The Hall–Kier alpha value is -2.37. The van der Waals surface area contributed by atoms with Gasteiger partial charge in [0.05, 0.1) is 0 Å². The van der Waals surface area contributed by atoms with E-state index in [0.29, 0.717) is 0 Å². The van der Waals surface area contributed by atoms with Crippen LogP contribution in [-0.2, 0) is 35.2 Å². The molecular weight excluding hydrogens is 264 g/mol. The zero-order valence-electron chi connectivity index (χ0n) is 10.7. The highest BCUT2D eigenvalue weighted by Gasteiger charge is 2.30. The van der Waals surface area contributed by atoms with E-state index in [1.807, 2.05) is 30.3 Å². The molecule has 1 atom stereocenters. The molecule has 6 heteroatoms. The van der Waals surface area contributed by atoms with Gasteiger partial charge in [0.2, 0.25) is 0 Å². The fraction of sp³-hybridized carbons (Fsp3) is 0.357. The second-order valence-electron chi connectivity index (χ2n) is 4.27. The highest BCUT2D eigenvalue weighted by Crippen LogP contribution is 2.11. The Kier molecular flexibility index (Phi) is 4.70. The molecule has 0 saturated carbocycles. The molecule has 1 fully saturated rings. The van der Waals surface area contributed by atoms with Crippen molar-refractivity contribution in [3.8, 4) is 0 Å². The molecular formula is C14H14O6. The van der Waals surface area contributed by atoms with Crippen LogP contribution in [-0.4, -0.2) is 30.6 Å². The average molecular weight is 278 g/mol. The largest absolute Gasteiger partial charge is 0.461 e. The summed E-state index contributed by atoms with van der Waals surface area (Å²) in [4.78, 5) is 33.8. The van der Waals surface area contributed by atoms with E-state index in [1.54, 1.807) is 0 Å². The Balaban J connectivity index is 1.72. The fourth-order valence-electron chi connectivity index (χ4n) is 1.70. The maximum atomic E-state index is 11.5. The minimum atomic E-state index is -1.01. The molecule has 0 aliphatic carbocycles. The Morgan fingerprint density at radius 1 is 1.25 bits per heavy atom. The van der Waals surface area contributed by atoms with Crippen molar-refractivity contribution < 1.29 is 28.6 Å². The van der Waals surface area contributed by atoms with E-state index >= 15 is 0 Å². The van der Waals surface area contributed by atoms with E-state index in [9.17, 15) is 14.4 Å². The van der Waals surface area contributed by atoms with Gasteiger partial charge in [0.25, 0.3) is 0 Å². The van der Waals surface area contributed by atoms with Crippen LogP contribution in [0.3, 0.4) is 0 Å². The zero-order chi connectivity index (χ0) is 14.4. The Bertz CT molecular complexity index is 496. The van der Waals surface area contributed by atoms with Crippen LogP contribution in [0.4, 0.5) is 0 Å². The molecule has 1 aromatic rings. The third kappa shape index (κ3) is 4.08. The maximum Gasteiger partial charge on any atom is 0.348 e. The van der Waals surface area contributed by atoms with E-state index in [1.165, 1.54) is 0 Å². The Morgan fingerprint density at radius 3 is 2.75 bits per heavy atom. The van der Waals surface area contributed by atoms with Gasteiger partial charge in [-0.15, -0.1) is 0 Å². The molecule has 0 aromatic heterocycles. The molecule has 1 aliphatic rings. The van der Waals surface area contributed by atoms with E-state index < -0.39 is 24.0 Å². The Labute approximate surface area is 115 Å². The fourth-order valence-corrected chi connectivity index (χ4v) is 1.70. The highest BCUT2D eigenvalue weighted by atomic mass is 16.6. The molecule has 1 aromatic carbocycles. The predicted molar refractivity (Wildman–Crippen MR) is 66.3 cm³/mol. The van der Waals surface area contributed by atoms with Crippen LogP contribution in [0.25, 0.3) is 0 Å². The topological polar surface area (TPSA) is 78.9 Å². The summed E-state index contributed by atoms with van der Waals surface area (Å²) in [6.07, 6.45) is -0.960. The number of ether oxygens (including phenoxy) is 3. The van der Waals surface area contributed by atoms with Crippen molar-refractivity contribution in [3.05, 3.63) is 35.9 Å². The first kappa shape index (κ1) is 14.0. The molecule has 0 N–H and O–H groups in total.